The van der Waals surface area contributed by atoms with Gasteiger partial charge in [-0.05, 0) is 36.4 Å². The van der Waals surface area contributed by atoms with Crippen LogP contribution in [-0.4, -0.2) is 0 Å². The van der Waals surface area contributed by atoms with Crippen molar-refractivity contribution in [2.45, 2.75) is 6.18 Å². The van der Waals surface area contributed by atoms with Crippen LogP contribution in [-0.2, 0) is 6.18 Å². The molecule has 3 nitrogen and oxygen atoms in total. The first-order valence-electron chi connectivity index (χ1n) is 5.74. The maximum atomic E-state index is 12.8. The summed E-state index contributed by atoms with van der Waals surface area (Å²) in [6.45, 7) is 0. The van der Waals surface area contributed by atoms with Crippen LogP contribution < -0.4 is 11.1 Å². The van der Waals surface area contributed by atoms with Crippen molar-refractivity contribution in [2.24, 2.45) is 0 Å². The molecule has 0 aliphatic carbocycles. The van der Waals surface area contributed by atoms with E-state index in [1.54, 1.807) is 6.07 Å². The maximum absolute atomic E-state index is 12.8. The van der Waals surface area contributed by atoms with Crippen LogP contribution in [0.15, 0.2) is 40.9 Å². The highest BCUT2D eigenvalue weighted by Gasteiger charge is 2.33. The molecule has 0 unspecified atom stereocenters. The molecule has 0 heterocycles. The van der Waals surface area contributed by atoms with Gasteiger partial charge in [0.1, 0.15) is 6.07 Å². The van der Waals surface area contributed by atoms with E-state index in [2.05, 4.69) is 21.2 Å². The second-order valence-corrected chi connectivity index (χ2v) is 5.09. The maximum Gasteiger partial charge on any atom is 0.417 e. The second kappa shape index (κ2) is 5.66. The summed E-state index contributed by atoms with van der Waals surface area (Å²) >= 11 is 2.88. The van der Waals surface area contributed by atoms with Crippen LogP contribution in [0.4, 0.5) is 30.2 Å². The van der Waals surface area contributed by atoms with E-state index in [-0.39, 0.29) is 15.7 Å². The Hall–Kier alpha value is -2.20. The number of nitriles is 1. The molecule has 2 aromatic rings. The van der Waals surface area contributed by atoms with Crippen molar-refractivity contribution < 1.29 is 13.2 Å². The Balaban J connectivity index is 2.35. The van der Waals surface area contributed by atoms with Crippen molar-refractivity contribution in [2.75, 3.05) is 11.1 Å². The summed E-state index contributed by atoms with van der Waals surface area (Å²) in [5.74, 6) is 0. The van der Waals surface area contributed by atoms with Gasteiger partial charge in [-0.15, -0.1) is 0 Å². The van der Waals surface area contributed by atoms with E-state index in [0.29, 0.717) is 11.4 Å². The van der Waals surface area contributed by atoms with Crippen LogP contribution in [0, 0.1) is 11.3 Å². The molecule has 0 bridgehead atoms. The van der Waals surface area contributed by atoms with E-state index in [1.807, 2.05) is 6.07 Å². The van der Waals surface area contributed by atoms with Gasteiger partial charge in [-0.3, -0.25) is 0 Å². The van der Waals surface area contributed by atoms with Gasteiger partial charge in [0.05, 0.1) is 11.1 Å². The average molecular weight is 356 g/mol. The Morgan fingerprint density at radius 3 is 2.33 bits per heavy atom. The van der Waals surface area contributed by atoms with Crippen molar-refractivity contribution in [3.63, 3.8) is 0 Å². The van der Waals surface area contributed by atoms with E-state index in [4.69, 9.17) is 11.0 Å². The monoisotopic (exact) mass is 355 g/mol. The zero-order chi connectivity index (χ0) is 15.6. The quantitative estimate of drug-likeness (QED) is 0.769. The molecule has 0 aliphatic heterocycles. The Bertz CT molecular complexity index is 720. The van der Waals surface area contributed by atoms with E-state index in [9.17, 15) is 13.2 Å². The molecule has 0 aliphatic rings. The van der Waals surface area contributed by atoms with Gasteiger partial charge in [0.15, 0.2) is 0 Å². The highest BCUT2D eigenvalue weighted by Crippen LogP contribution is 2.37. The van der Waals surface area contributed by atoms with Gasteiger partial charge in [0, 0.05) is 21.5 Å². The highest BCUT2D eigenvalue weighted by molar-refractivity contribution is 9.10. The van der Waals surface area contributed by atoms with Gasteiger partial charge in [0.25, 0.3) is 0 Å². The molecule has 0 atom stereocenters. The molecule has 0 saturated carbocycles. The van der Waals surface area contributed by atoms with Gasteiger partial charge in [0.2, 0.25) is 0 Å². The summed E-state index contributed by atoms with van der Waals surface area (Å²) < 4.78 is 38.4. The fourth-order valence-electron chi connectivity index (χ4n) is 1.72. The summed E-state index contributed by atoms with van der Waals surface area (Å²) in [5.41, 5.74) is 6.13. The van der Waals surface area contributed by atoms with Crippen LogP contribution in [0.25, 0.3) is 0 Å². The molecular formula is C14H9BrF3N3. The molecular weight excluding hydrogens is 347 g/mol. The molecule has 108 valence electrons. The van der Waals surface area contributed by atoms with Crippen molar-refractivity contribution in [3.05, 3.63) is 52.0 Å². The molecule has 0 spiro atoms. The lowest BCUT2D eigenvalue weighted by atomic mass is 10.1. The van der Waals surface area contributed by atoms with Gasteiger partial charge < -0.3 is 11.1 Å². The van der Waals surface area contributed by atoms with Gasteiger partial charge in [-0.25, -0.2) is 0 Å². The third kappa shape index (κ3) is 3.47. The highest BCUT2D eigenvalue weighted by atomic mass is 79.9. The number of anilines is 3. The normalized spacial score (nSPS) is 11.0. The van der Waals surface area contributed by atoms with Crippen LogP contribution in [0.3, 0.4) is 0 Å². The zero-order valence-corrected chi connectivity index (χ0v) is 12.1. The first-order valence-corrected chi connectivity index (χ1v) is 6.54. The minimum absolute atomic E-state index is 0.0319. The molecule has 7 heteroatoms. The van der Waals surface area contributed by atoms with Crippen LogP contribution in [0.5, 0.6) is 0 Å². The van der Waals surface area contributed by atoms with E-state index >= 15 is 0 Å². The lowest BCUT2D eigenvalue weighted by Gasteiger charge is -2.13. The first-order chi connectivity index (χ1) is 9.81. The lowest BCUT2D eigenvalue weighted by Crippen LogP contribution is -2.06. The smallest absolute Gasteiger partial charge is 0.398 e. The van der Waals surface area contributed by atoms with E-state index < -0.39 is 11.7 Å². The number of alkyl halides is 3. The van der Waals surface area contributed by atoms with Crippen molar-refractivity contribution in [1.82, 2.24) is 0 Å². The predicted octanol–water partition coefficient (Wildman–Crippen LogP) is 4.67. The molecule has 0 fully saturated rings. The first kappa shape index (κ1) is 15.2. The number of hydrogen-bond acceptors (Lipinski definition) is 3. The number of halogens is 4. The van der Waals surface area contributed by atoms with Crippen LogP contribution in [0.1, 0.15) is 11.1 Å². The summed E-state index contributed by atoms with van der Waals surface area (Å²) in [5, 5.41) is 11.7. The second-order valence-electron chi connectivity index (χ2n) is 4.23. The number of nitrogens with two attached hydrogens (primary N) is 1. The largest absolute Gasteiger partial charge is 0.417 e. The molecule has 2 rings (SSSR count). The van der Waals surface area contributed by atoms with Crippen molar-refractivity contribution in [1.29, 1.82) is 5.26 Å². The fraction of sp³-hybridized carbons (Fsp3) is 0.0714. The molecule has 0 amide bonds. The number of nitrogens with zero attached hydrogens (tertiary/aromatic N) is 1. The van der Waals surface area contributed by atoms with E-state index in [1.165, 1.54) is 24.3 Å². The molecule has 0 saturated heterocycles. The molecule has 0 radical (unpaired) electrons. The van der Waals surface area contributed by atoms with Gasteiger partial charge in [-0.2, -0.15) is 18.4 Å². The van der Waals surface area contributed by atoms with Crippen molar-refractivity contribution in [3.8, 4) is 6.07 Å². The van der Waals surface area contributed by atoms with E-state index in [0.717, 1.165) is 6.07 Å². The number of hydrogen-bond donors (Lipinski definition) is 2. The van der Waals surface area contributed by atoms with Gasteiger partial charge in [-0.1, -0.05) is 15.9 Å². The Labute approximate surface area is 127 Å². The summed E-state index contributed by atoms with van der Waals surface area (Å²) in [4.78, 5) is 0. The molecule has 2 aromatic carbocycles. The molecule has 21 heavy (non-hydrogen) atoms. The lowest BCUT2D eigenvalue weighted by molar-refractivity contribution is -0.138. The van der Waals surface area contributed by atoms with Crippen LogP contribution in [0.2, 0.25) is 0 Å². The minimum Gasteiger partial charge on any atom is -0.398 e. The third-order valence-electron chi connectivity index (χ3n) is 2.73. The fourth-order valence-corrected chi connectivity index (χ4v) is 2.19. The number of nitrogen functional groups attached to an aromatic ring is 1. The SMILES string of the molecule is N#Cc1cc(Nc2ccc(Br)c(C(F)(F)F)c2)ccc1N. The van der Waals surface area contributed by atoms with Gasteiger partial charge >= 0.3 is 6.18 Å². The Kier molecular flexibility index (Phi) is 4.09. The molecule has 3 N–H and O–H groups in total. The van der Waals surface area contributed by atoms with Crippen molar-refractivity contribution >= 4 is 33.0 Å². The standard InChI is InChI=1S/C14H9BrF3N3/c15-12-3-1-10(6-11(12)14(16,17)18)21-9-2-4-13(20)8(5-9)7-19/h1-6,21H,20H2. The zero-order valence-electron chi connectivity index (χ0n) is 10.5. The Morgan fingerprint density at radius 1 is 1.10 bits per heavy atom. The average Bonchev–Trinajstić information content (AvgIpc) is 2.42. The topological polar surface area (TPSA) is 61.8 Å². The minimum atomic E-state index is -4.45. The number of nitrogens with one attached hydrogen (secondary N) is 1. The summed E-state index contributed by atoms with van der Waals surface area (Å²) in [7, 11) is 0. The van der Waals surface area contributed by atoms with Crippen LogP contribution >= 0.6 is 15.9 Å². The number of rotatable bonds is 2. The number of benzene rings is 2. The summed E-state index contributed by atoms with van der Waals surface area (Å²) in [6, 6.07) is 10.3. The Morgan fingerprint density at radius 2 is 1.71 bits per heavy atom. The molecule has 0 aromatic heterocycles. The predicted molar refractivity (Wildman–Crippen MR) is 78.0 cm³/mol. The third-order valence-corrected chi connectivity index (χ3v) is 3.43. The summed E-state index contributed by atoms with van der Waals surface area (Å²) in [6.07, 6.45) is -4.45.